The summed E-state index contributed by atoms with van der Waals surface area (Å²) < 4.78 is 0. The molecule has 0 aromatic carbocycles. The first kappa shape index (κ1) is 13.7. The predicted octanol–water partition coefficient (Wildman–Crippen LogP) is -0.632. The van der Waals surface area contributed by atoms with E-state index in [2.05, 4.69) is 15.4 Å². The van der Waals surface area contributed by atoms with E-state index in [1.807, 2.05) is 6.92 Å². The lowest BCUT2D eigenvalue weighted by Crippen LogP contribution is -2.39. The van der Waals surface area contributed by atoms with Crippen LogP contribution in [0.15, 0.2) is 22.1 Å². The molecule has 1 rings (SSSR count). The minimum atomic E-state index is -0.389. The Morgan fingerprint density at radius 3 is 2.83 bits per heavy atom. The predicted molar refractivity (Wildman–Crippen MR) is 64.5 cm³/mol. The first-order chi connectivity index (χ1) is 8.58. The summed E-state index contributed by atoms with van der Waals surface area (Å²) in [4.78, 5) is 24.3. The molecule has 1 aromatic heterocycles. The smallest absolute Gasteiger partial charge is 0.274 e. The summed E-state index contributed by atoms with van der Waals surface area (Å²) in [6, 6.07) is 2.55. The highest BCUT2D eigenvalue weighted by atomic mass is 16.4. The number of aromatic nitrogens is 2. The molecule has 0 saturated carbocycles. The van der Waals surface area contributed by atoms with Crippen molar-refractivity contribution >= 4 is 11.7 Å². The van der Waals surface area contributed by atoms with E-state index in [1.165, 1.54) is 17.0 Å². The van der Waals surface area contributed by atoms with Gasteiger partial charge in [0.15, 0.2) is 5.84 Å². The van der Waals surface area contributed by atoms with Crippen molar-refractivity contribution in [2.24, 2.45) is 10.9 Å². The van der Waals surface area contributed by atoms with E-state index in [0.717, 1.165) is 0 Å². The highest BCUT2D eigenvalue weighted by Gasteiger charge is 2.17. The lowest BCUT2D eigenvalue weighted by Gasteiger charge is -2.20. The zero-order valence-corrected chi connectivity index (χ0v) is 9.96. The molecule has 1 amide bonds. The van der Waals surface area contributed by atoms with Gasteiger partial charge >= 0.3 is 0 Å². The van der Waals surface area contributed by atoms with Crippen LogP contribution in [0.2, 0.25) is 0 Å². The number of H-pyrrole nitrogens is 1. The maximum Gasteiger partial charge on any atom is 0.274 e. The fourth-order valence-electron chi connectivity index (χ4n) is 1.38. The number of carbonyl (C=O) groups excluding carboxylic acids is 1. The molecule has 18 heavy (non-hydrogen) atoms. The molecule has 0 saturated heterocycles. The fourth-order valence-corrected chi connectivity index (χ4v) is 1.38. The molecule has 0 fully saturated rings. The normalized spacial score (nSPS) is 11.3. The van der Waals surface area contributed by atoms with Crippen molar-refractivity contribution in [3.8, 4) is 0 Å². The number of hydrogen-bond donors (Lipinski definition) is 3. The molecule has 1 aromatic rings. The van der Waals surface area contributed by atoms with Crippen LogP contribution in [0, 0.1) is 0 Å². The SMILES string of the molecule is CCCN(C/C(N)=N/O)C(=O)c1ccc(=O)[nH]n1. The van der Waals surface area contributed by atoms with Crippen molar-refractivity contribution in [2.75, 3.05) is 13.1 Å². The second kappa shape index (κ2) is 6.38. The zero-order chi connectivity index (χ0) is 13.5. The summed E-state index contributed by atoms with van der Waals surface area (Å²) in [7, 11) is 0. The highest BCUT2D eigenvalue weighted by Crippen LogP contribution is 2.00. The van der Waals surface area contributed by atoms with E-state index < -0.39 is 0 Å². The molecule has 0 bridgehead atoms. The van der Waals surface area contributed by atoms with Crippen LogP contribution < -0.4 is 11.3 Å². The third-order valence-corrected chi connectivity index (χ3v) is 2.16. The first-order valence-electron chi connectivity index (χ1n) is 5.40. The number of nitrogens with one attached hydrogen (secondary N) is 1. The third kappa shape index (κ3) is 3.58. The van der Waals surface area contributed by atoms with E-state index in [9.17, 15) is 9.59 Å². The lowest BCUT2D eigenvalue weighted by atomic mass is 10.3. The van der Waals surface area contributed by atoms with Gasteiger partial charge in [0.1, 0.15) is 5.69 Å². The van der Waals surface area contributed by atoms with E-state index in [4.69, 9.17) is 10.9 Å². The van der Waals surface area contributed by atoms with Crippen molar-refractivity contribution in [3.05, 3.63) is 28.2 Å². The highest BCUT2D eigenvalue weighted by molar-refractivity contribution is 5.95. The van der Waals surface area contributed by atoms with Crippen LogP contribution >= 0.6 is 0 Å². The molecular weight excluding hydrogens is 238 g/mol. The van der Waals surface area contributed by atoms with Gasteiger partial charge in [-0.25, -0.2) is 5.10 Å². The average Bonchev–Trinajstić information content (AvgIpc) is 2.38. The van der Waals surface area contributed by atoms with Crippen LogP contribution in [0.4, 0.5) is 0 Å². The Labute approximate surface area is 103 Å². The average molecular weight is 253 g/mol. The Bertz CT molecular complexity index is 476. The summed E-state index contributed by atoms with van der Waals surface area (Å²) in [5, 5.41) is 17.1. The zero-order valence-electron chi connectivity index (χ0n) is 9.96. The molecule has 8 nitrogen and oxygen atoms in total. The largest absolute Gasteiger partial charge is 0.409 e. The molecule has 0 spiro atoms. The Hall–Kier alpha value is -2.38. The second-order valence-corrected chi connectivity index (χ2v) is 3.62. The van der Waals surface area contributed by atoms with Gasteiger partial charge < -0.3 is 15.8 Å². The van der Waals surface area contributed by atoms with Gasteiger partial charge in [-0.1, -0.05) is 12.1 Å². The van der Waals surface area contributed by atoms with Crippen LogP contribution in [-0.4, -0.2) is 45.1 Å². The van der Waals surface area contributed by atoms with Gasteiger partial charge in [0, 0.05) is 12.6 Å². The fraction of sp³-hybridized carbons (Fsp3) is 0.400. The Morgan fingerprint density at radius 1 is 1.61 bits per heavy atom. The van der Waals surface area contributed by atoms with Gasteiger partial charge in [-0.3, -0.25) is 9.59 Å². The molecule has 0 atom stereocenters. The molecule has 0 radical (unpaired) electrons. The maximum absolute atomic E-state index is 12.0. The van der Waals surface area contributed by atoms with Crippen molar-refractivity contribution in [1.29, 1.82) is 0 Å². The number of aromatic amines is 1. The number of carbonyl (C=O) groups is 1. The summed E-state index contributed by atoms with van der Waals surface area (Å²) >= 11 is 0. The minimum Gasteiger partial charge on any atom is -0.409 e. The van der Waals surface area contributed by atoms with E-state index >= 15 is 0 Å². The van der Waals surface area contributed by atoms with Crippen molar-refractivity contribution in [2.45, 2.75) is 13.3 Å². The first-order valence-corrected chi connectivity index (χ1v) is 5.40. The van der Waals surface area contributed by atoms with Crippen LogP contribution in [0.5, 0.6) is 0 Å². The monoisotopic (exact) mass is 253 g/mol. The van der Waals surface area contributed by atoms with Gasteiger partial charge in [0.05, 0.1) is 6.54 Å². The Morgan fingerprint density at radius 2 is 2.33 bits per heavy atom. The number of nitrogens with zero attached hydrogens (tertiary/aromatic N) is 3. The van der Waals surface area contributed by atoms with Crippen LogP contribution in [0.25, 0.3) is 0 Å². The molecule has 0 aliphatic carbocycles. The molecule has 0 unspecified atom stereocenters. The minimum absolute atomic E-state index is 0.00395. The summed E-state index contributed by atoms with van der Waals surface area (Å²) in [6.45, 7) is 2.34. The Kier molecular flexibility index (Phi) is 4.85. The van der Waals surface area contributed by atoms with E-state index in [0.29, 0.717) is 13.0 Å². The molecule has 0 aliphatic rings. The summed E-state index contributed by atoms with van der Waals surface area (Å²) in [6.07, 6.45) is 0.716. The Balaban J connectivity index is 2.88. The maximum atomic E-state index is 12.0. The molecular formula is C10H15N5O3. The van der Waals surface area contributed by atoms with Crippen molar-refractivity contribution in [1.82, 2.24) is 15.1 Å². The quantitative estimate of drug-likeness (QED) is 0.279. The van der Waals surface area contributed by atoms with Gasteiger partial charge in [-0.15, -0.1) is 0 Å². The molecule has 8 heteroatoms. The molecule has 0 aliphatic heterocycles. The second-order valence-electron chi connectivity index (χ2n) is 3.62. The summed E-state index contributed by atoms with van der Waals surface area (Å²) in [5.74, 6) is -0.457. The summed E-state index contributed by atoms with van der Waals surface area (Å²) in [5.41, 5.74) is 5.09. The van der Waals surface area contributed by atoms with Crippen LogP contribution in [0.1, 0.15) is 23.8 Å². The third-order valence-electron chi connectivity index (χ3n) is 2.16. The standard InChI is InChI=1S/C10H15N5O3/c1-2-5-15(6-8(11)14-18)10(17)7-3-4-9(16)13-12-7/h3-4,18H,2,5-6H2,1H3,(H2,11,14)(H,13,16). The molecule has 4 N–H and O–H groups in total. The number of oxime groups is 1. The van der Waals surface area contributed by atoms with Crippen molar-refractivity contribution in [3.63, 3.8) is 0 Å². The van der Waals surface area contributed by atoms with Crippen LogP contribution in [0.3, 0.4) is 0 Å². The lowest BCUT2D eigenvalue weighted by molar-refractivity contribution is 0.0771. The van der Waals surface area contributed by atoms with E-state index in [1.54, 1.807) is 0 Å². The topological polar surface area (TPSA) is 125 Å². The number of hydrogen-bond acceptors (Lipinski definition) is 5. The van der Waals surface area contributed by atoms with Crippen molar-refractivity contribution < 1.29 is 10.0 Å². The number of amides is 1. The number of amidine groups is 1. The van der Waals surface area contributed by atoms with Gasteiger partial charge in [-0.05, 0) is 12.5 Å². The van der Waals surface area contributed by atoms with E-state index in [-0.39, 0.29) is 29.5 Å². The van der Waals surface area contributed by atoms with Gasteiger partial charge in [0.2, 0.25) is 0 Å². The van der Waals surface area contributed by atoms with Gasteiger partial charge in [-0.2, -0.15) is 5.10 Å². The molecule has 1 heterocycles. The number of rotatable bonds is 5. The van der Waals surface area contributed by atoms with Gasteiger partial charge in [0.25, 0.3) is 11.5 Å². The van der Waals surface area contributed by atoms with Crippen LogP contribution in [-0.2, 0) is 0 Å². The number of nitrogens with two attached hydrogens (primary N) is 1. The molecule has 98 valence electrons.